The minimum Gasteiger partial charge on any atom is -0.464 e. The first-order valence-corrected chi connectivity index (χ1v) is 26.4. The molecule has 0 saturated carbocycles. The standard InChI is InChI=1S/C56H80FN9O8/c1-14-64-44-20-19-38-31-40(44)41(49(64)39-17-15-25-58-47(39)37(5)72-13)33-54(6,7)34-74-52(70)42-18-16-26-66(60-42)51(69)43(32-45-36(4)65(38)29-30-73-45)59-50(68)48(35(2)3)62(12)53(71)56(57)23-27-63(28-24-56)46(67)21-22-55(8,9)61(10)11/h15,17,19-20,25,31,35-37,42-43,45,48,60H,14,16,18,23-24,26-30,32-34H2,1-13H3,(H,59,68)/t36-,37+,42+,43+,45+,48+/m1/s1. The third-order valence-electron chi connectivity index (χ3n) is 15.9. The molecule has 18 heteroatoms. The van der Waals surface area contributed by atoms with Crippen LogP contribution in [0.4, 0.5) is 10.1 Å². The lowest BCUT2D eigenvalue weighted by Crippen LogP contribution is -2.64. The molecule has 7 rings (SSSR count). The van der Waals surface area contributed by atoms with Crippen LogP contribution in [0.3, 0.4) is 0 Å². The number of likely N-dealkylation sites (tertiary alicyclic amines) is 1. The van der Waals surface area contributed by atoms with Crippen LogP contribution in [0.5, 0.6) is 0 Å². The van der Waals surface area contributed by atoms with Crippen LogP contribution in [0, 0.1) is 23.2 Å². The van der Waals surface area contributed by atoms with Gasteiger partial charge in [-0.2, -0.15) is 0 Å². The number of methoxy groups -OCH3 is 1. The Morgan fingerprint density at radius 1 is 1.07 bits per heavy atom. The number of cyclic esters (lactones) is 1. The Morgan fingerprint density at radius 2 is 1.78 bits per heavy atom. The highest BCUT2D eigenvalue weighted by atomic mass is 19.1. The molecular formula is C56H80FN9O8. The van der Waals surface area contributed by atoms with Crippen LogP contribution in [-0.2, 0) is 51.1 Å². The van der Waals surface area contributed by atoms with Crippen molar-refractivity contribution in [3.8, 4) is 23.1 Å². The van der Waals surface area contributed by atoms with E-state index < -0.39 is 76.4 Å². The van der Waals surface area contributed by atoms with Gasteiger partial charge in [0.15, 0.2) is 5.67 Å². The minimum atomic E-state index is -2.34. The number of aromatic nitrogens is 2. The molecule has 3 fully saturated rings. The van der Waals surface area contributed by atoms with Gasteiger partial charge in [-0.05, 0) is 116 Å². The number of benzene rings is 1. The summed E-state index contributed by atoms with van der Waals surface area (Å²) < 4.78 is 37.6. The van der Waals surface area contributed by atoms with Gasteiger partial charge in [0.2, 0.25) is 5.91 Å². The lowest BCUT2D eigenvalue weighted by molar-refractivity contribution is -0.157. The number of hydrazine groups is 1. The van der Waals surface area contributed by atoms with Crippen molar-refractivity contribution >= 4 is 46.2 Å². The highest BCUT2D eigenvalue weighted by molar-refractivity contribution is 5.97. The van der Waals surface area contributed by atoms with Gasteiger partial charge in [0, 0.05) is 99.9 Å². The quantitative estimate of drug-likeness (QED) is 0.189. The second-order valence-corrected chi connectivity index (χ2v) is 22.6. The molecule has 3 saturated heterocycles. The van der Waals surface area contributed by atoms with E-state index in [4.69, 9.17) is 19.2 Å². The third kappa shape index (κ3) is 11.8. The number of hydrogen-bond acceptors (Lipinski definition) is 12. The summed E-state index contributed by atoms with van der Waals surface area (Å²) in [6.07, 6.45) is 1.98. The molecule has 74 heavy (non-hydrogen) atoms. The van der Waals surface area contributed by atoms with Crippen LogP contribution in [0.25, 0.3) is 22.2 Å². The van der Waals surface area contributed by atoms with Gasteiger partial charge in [-0.3, -0.25) is 38.9 Å². The Labute approximate surface area is 437 Å². The number of likely N-dealkylation sites (N-methyl/N-ethyl adjacent to an activating group) is 1. The number of carbonyl (C=O) groups is 5. The molecule has 6 heterocycles. The van der Waals surface area contributed by atoms with Gasteiger partial charge < -0.3 is 38.8 Å². The van der Waals surface area contributed by atoms with Crippen LogP contribution < -0.4 is 15.6 Å². The number of rotatable bonds is 10. The Bertz CT molecular complexity index is 2630. The molecule has 6 atom stereocenters. The fraction of sp³-hybridized carbons (Fsp3) is 0.643. The SMILES string of the molecule is CCn1c(-c2cccnc2[C@H](C)OC)c2c3cc(ccc31)N1CCO[C@@H](C[C@H](NC(=O)[C@H](C(C)C)N(C)C(=O)C3(F)CCN(C(=O)C#CC(C)(C)N(C)C)CC3)C(=O)N3CCC[C@H](N3)C(=O)OCC(C)(C)C2)[C@H]1C. The van der Waals surface area contributed by atoms with Crippen molar-refractivity contribution in [2.75, 3.05) is 72.5 Å². The zero-order valence-electron chi connectivity index (χ0n) is 46.0. The molecule has 2 N–H and O–H groups in total. The summed E-state index contributed by atoms with van der Waals surface area (Å²) >= 11 is 0. The van der Waals surface area contributed by atoms with Gasteiger partial charge in [0.25, 0.3) is 17.7 Å². The normalized spacial score (nSPS) is 23.4. The number of amides is 4. The van der Waals surface area contributed by atoms with Gasteiger partial charge in [-0.15, -0.1) is 0 Å². The molecule has 4 aliphatic heterocycles. The zero-order valence-corrected chi connectivity index (χ0v) is 46.0. The van der Waals surface area contributed by atoms with Gasteiger partial charge in [-0.1, -0.05) is 33.6 Å². The summed E-state index contributed by atoms with van der Waals surface area (Å²) in [5, 5.41) is 5.45. The maximum Gasteiger partial charge on any atom is 0.324 e. The van der Waals surface area contributed by atoms with E-state index in [0.717, 1.165) is 44.0 Å². The molecule has 0 aliphatic carbocycles. The number of ether oxygens (including phenoxy) is 3. The number of halogens is 1. The van der Waals surface area contributed by atoms with Crippen LogP contribution in [0.2, 0.25) is 0 Å². The summed E-state index contributed by atoms with van der Waals surface area (Å²) in [5.74, 6) is 2.26. The van der Waals surface area contributed by atoms with Gasteiger partial charge in [0.1, 0.15) is 18.1 Å². The number of nitrogens with one attached hydrogen (secondary N) is 2. The molecule has 4 amide bonds. The van der Waals surface area contributed by atoms with Gasteiger partial charge >= 0.3 is 5.97 Å². The minimum absolute atomic E-state index is 0.0190. The molecule has 17 nitrogen and oxygen atoms in total. The first-order valence-electron chi connectivity index (χ1n) is 26.4. The molecule has 0 radical (unpaired) electrons. The summed E-state index contributed by atoms with van der Waals surface area (Å²) in [6.45, 7) is 19.6. The van der Waals surface area contributed by atoms with Crippen molar-refractivity contribution in [2.24, 2.45) is 11.3 Å². The number of hydrogen-bond donors (Lipinski definition) is 2. The number of morpholine rings is 1. The second kappa shape index (κ2) is 22.7. The second-order valence-electron chi connectivity index (χ2n) is 22.6. The Morgan fingerprint density at radius 3 is 2.45 bits per heavy atom. The number of piperidine rings is 1. The van der Waals surface area contributed by atoms with Crippen LogP contribution in [0.1, 0.15) is 112 Å². The van der Waals surface area contributed by atoms with Gasteiger partial charge in [0.05, 0.1) is 48.4 Å². The first kappa shape index (κ1) is 56.1. The largest absolute Gasteiger partial charge is 0.464 e. The number of esters is 1. The summed E-state index contributed by atoms with van der Waals surface area (Å²) in [6, 6.07) is 7.09. The van der Waals surface area contributed by atoms with E-state index in [0.29, 0.717) is 39.0 Å². The number of fused-ring (bicyclic) bond motifs is 6. The summed E-state index contributed by atoms with van der Waals surface area (Å²) in [7, 11) is 6.83. The zero-order chi connectivity index (χ0) is 54.0. The Kier molecular flexibility index (Phi) is 17.2. The van der Waals surface area contributed by atoms with Gasteiger partial charge in [-0.25, -0.2) is 9.82 Å². The molecule has 6 bridgehead atoms. The number of alkyl halides is 1. The highest BCUT2D eigenvalue weighted by Crippen LogP contribution is 2.42. The molecule has 3 aromatic rings. The highest BCUT2D eigenvalue weighted by Gasteiger charge is 2.48. The molecule has 1 aromatic carbocycles. The number of nitrogens with zero attached hydrogens (tertiary/aromatic N) is 7. The maximum absolute atomic E-state index is 16.8. The molecule has 0 unspecified atom stereocenters. The topological polar surface area (TPSA) is 171 Å². The maximum atomic E-state index is 16.8. The molecule has 404 valence electrons. The Balaban J connectivity index is 1.20. The summed E-state index contributed by atoms with van der Waals surface area (Å²) in [5.41, 5.74) is 5.64. The van der Waals surface area contributed by atoms with Crippen molar-refractivity contribution in [3.05, 3.63) is 47.8 Å². The molecule has 4 aliphatic rings. The summed E-state index contributed by atoms with van der Waals surface area (Å²) in [4.78, 5) is 82.6. The number of anilines is 1. The molecule has 0 spiro atoms. The van der Waals surface area contributed by atoms with E-state index in [9.17, 15) is 24.0 Å². The van der Waals surface area contributed by atoms with E-state index in [2.05, 4.69) is 84.0 Å². The van der Waals surface area contributed by atoms with Crippen molar-refractivity contribution in [2.45, 2.75) is 155 Å². The average molecular weight is 1030 g/mol. The van der Waals surface area contributed by atoms with Crippen LogP contribution in [-0.4, -0.2) is 168 Å². The van der Waals surface area contributed by atoms with E-state index in [1.807, 2.05) is 45.8 Å². The lowest BCUT2D eigenvalue weighted by Gasteiger charge is -2.43. The van der Waals surface area contributed by atoms with Crippen molar-refractivity contribution < 1.29 is 42.6 Å². The smallest absolute Gasteiger partial charge is 0.324 e. The van der Waals surface area contributed by atoms with Crippen LogP contribution in [0.15, 0.2) is 36.5 Å². The van der Waals surface area contributed by atoms with Crippen molar-refractivity contribution in [1.82, 2.24) is 40.0 Å². The average Bonchev–Trinajstić information content (AvgIpc) is 3.67. The van der Waals surface area contributed by atoms with Crippen LogP contribution >= 0.6 is 0 Å². The van der Waals surface area contributed by atoms with Crippen molar-refractivity contribution in [3.63, 3.8) is 0 Å². The molecular weight excluding hydrogens is 946 g/mol. The first-order chi connectivity index (χ1) is 34.9. The lowest BCUT2D eigenvalue weighted by atomic mass is 9.84. The predicted molar refractivity (Wildman–Crippen MR) is 282 cm³/mol. The number of carbonyl (C=O) groups excluding carboxylic acids is 5. The molecule has 2 aromatic heterocycles. The number of aryl methyl sites for hydroxylation is 1. The Hall–Kier alpha value is -5.61. The predicted octanol–water partition coefficient (Wildman–Crippen LogP) is 5.68. The number of pyridine rings is 1. The fourth-order valence-electron chi connectivity index (χ4n) is 10.9. The third-order valence-corrected chi connectivity index (χ3v) is 15.9. The van der Waals surface area contributed by atoms with E-state index in [1.54, 1.807) is 27.2 Å². The fourth-order valence-corrected chi connectivity index (χ4v) is 10.9. The monoisotopic (exact) mass is 1030 g/mol. The van der Waals surface area contributed by atoms with E-state index >= 15 is 4.39 Å². The van der Waals surface area contributed by atoms with E-state index in [-0.39, 0.29) is 57.6 Å². The van der Waals surface area contributed by atoms with E-state index in [1.165, 1.54) is 17.0 Å². The van der Waals surface area contributed by atoms with Crippen molar-refractivity contribution in [1.29, 1.82) is 0 Å².